The van der Waals surface area contributed by atoms with Crippen LogP contribution in [0.2, 0.25) is 0 Å². The highest BCUT2D eigenvalue weighted by atomic mass is 32.2. The maximum absolute atomic E-state index is 12.4. The van der Waals surface area contributed by atoms with Gasteiger partial charge in [-0.2, -0.15) is 0 Å². The molecular formula is C20H28O6S. The van der Waals surface area contributed by atoms with Crippen molar-refractivity contribution >= 4 is 17.7 Å². The van der Waals surface area contributed by atoms with Crippen molar-refractivity contribution in [1.82, 2.24) is 0 Å². The second-order valence-corrected chi connectivity index (χ2v) is 9.16. The standard InChI is InChI=1S/C20H28O6S/c1-5-27-18-16(26-19(22)20(2,3)4)14(21)15-13(24-18)11-23-17(25-15)12-9-7-6-8-10-12/h6-10,13-18,21H,5,11H2,1-4H3/t13-,14+,15-,16-,17-,18-/m1/s1. The molecule has 0 bridgehead atoms. The van der Waals surface area contributed by atoms with E-state index in [1.165, 1.54) is 11.8 Å². The number of rotatable bonds is 4. The number of fused-ring (bicyclic) bond motifs is 1. The van der Waals surface area contributed by atoms with Crippen molar-refractivity contribution < 1.29 is 28.8 Å². The van der Waals surface area contributed by atoms with Crippen LogP contribution < -0.4 is 0 Å². The molecule has 2 aliphatic heterocycles. The minimum absolute atomic E-state index is 0.308. The lowest BCUT2D eigenvalue weighted by Crippen LogP contribution is -2.62. The summed E-state index contributed by atoms with van der Waals surface area (Å²) in [7, 11) is 0. The van der Waals surface area contributed by atoms with Crippen LogP contribution in [0.1, 0.15) is 39.5 Å². The number of carbonyl (C=O) groups is 1. The zero-order valence-electron chi connectivity index (χ0n) is 16.2. The van der Waals surface area contributed by atoms with Crippen molar-refractivity contribution in [2.75, 3.05) is 12.4 Å². The molecule has 6 atom stereocenters. The third-order valence-corrected chi connectivity index (χ3v) is 5.61. The van der Waals surface area contributed by atoms with E-state index >= 15 is 0 Å². The summed E-state index contributed by atoms with van der Waals surface area (Å²) in [5.74, 6) is 0.397. The van der Waals surface area contributed by atoms with Crippen molar-refractivity contribution in [2.24, 2.45) is 5.41 Å². The van der Waals surface area contributed by atoms with Gasteiger partial charge in [-0.25, -0.2) is 0 Å². The normalized spacial score (nSPS) is 34.0. The number of aliphatic hydroxyl groups excluding tert-OH is 1. The molecule has 3 rings (SSSR count). The van der Waals surface area contributed by atoms with Crippen LogP contribution in [0.15, 0.2) is 30.3 Å². The van der Waals surface area contributed by atoms with Crippen LogP contribution in [0.4, 0.5) is 0 Å². The van der Waals surface area contributed by atoms with Gasteiger partial charge in [0.1, 0.15) is 23.7 Å². The SMILES string of the molecule is CCS[C@H]1O[C@@H]2CO[C@@H](c3ccccc3)O[C@H]2[C@H](O)[C@H]1OC(=O)C(C)(C)C. The molecule has 2 heterocycles. The van der Waals surface area contributed by atoms with Crippen LogP contribution in [0.5, 0.6) is 0 Å². The molecule has 0 unspecified atom stereocenters. The molecule has 0 saturated carbocycles. The lowest BCUT2D eigenvalue weighted by atomic mass is 9.95. The first-order valence-electron chi connectivity index (χ1n) is 9.29. The summed E-state index contributed by atoms with van der Waals surface area (Å²) >= 11 is 1.50. The van der Waals surface area contributed by atoms with Gasteiger partial charge in [0, 0.05) is 5.56 Å². The Bertz CT molecular complexity index is 631. The van der Waals surface area contributed by atoms with Gasteiger partial charge in [0.15, 0.2) is 12.4 Å². The molecule has 0 aromatic heterocycles. The summed E-state index contributed by atoms with van der Waals surface area (Å²) in [6.07, 6.45) is -3.41. The summed E-state index contributed by atoms with van der Waals surface area (Å²) < 4.78 is 23.6. The van der Waals surface area contributed by atoms with E-state index in [1.54, 1.807) is 20.8 Å². The Hall–Kier alpha value is -1.12. The number of thioether (sulfide) groups is 1. The molecule has 0 amide bonds. The average molecular weight is 397 g/mol. The first-order valence-corrected chi connectivity index (χ1v) is 10.3. The summed E-state index contributed by atoms with van der Waals surface area (Å²) in [4.78, 5) is 12.4. The lowest BCUT2D eigenvalue weighted by Gasteiger charge is -2.47. The number of carbonyl (C=O) groups excluding carboxylic acids is 1. The fourth-order valence-electron chi connectivity index (χ4n) is 3.07. The van der Waals surface area contributed by atoms with Crippen molar-refractivity contribution in [3.63, 3.8) is 0 Å². The Morgan fingerprint density at radius 1 is 1.26 bits per heavy atom. The van der Waals surface area contributed by atoms with Crippen LogP contribution in [-0.4, -0.2) is 53.3 Å². The van der Waals surface area contributed by atoms with E-state index in [9.17, 15) is 9.90 Å². The Labute approximate surface area is 164 Å². The smallest absolute Gasteiger partial charge is 0.311 e. The van der Waals surface area contributed by atoms with Crippen molar-refractivity contribution in [3.8, 4) is 0 Å². The lowest BCUT2D eigenvalue weighted by molar-refractivity contribution is -0.320. The number of ether oxygens (including phenoxy) is 4. The Morgan fingerprint density at radius 2 is 1.96 bits per heavy atom. The second-order valence-electron chi connectivity index (χ2n) is 7.79. The summed E-state index contributed by atoms with van der Waals surface area (Å²) in [5.41, 5.74) is -0.254. The van der Waals surface area contributed by atoms with Gasteiger partial charge in [0.2, 0.25) is 0 Å². The van der Waals surface area contributed by atoms with Gasteiger partial charge in [0.05, 0.1) is 12.0 Å². The van der Waals surface area contributed by atoms with Crippen LogP contribution in [0.25, 0.3) is 0 Å². The van der Waals surface area contributed by atoms with Crippen molar-refractivity contribution in [3.05, 3.63) is 35.9 Å². The van der Waals surface area contributed by atoms with Gasteiger partial charge >= 0.3 is 5.97 Å². The highest BCUT2D eigenvalue weighted by Crippen LogP contribution is 2.38. The van der Waals surface area contributed by atoms with Gasteiger partial charge in [-0.3, -0.25) is 4.79 Å². The maximum atomic E-state index is 12.4. The van der Waals surface area contributed by atoms with Gasteiger partial charge in [-0.05, 0) is 26.5 Å². The minimum Gasteiger partial charge on any atom is -0.455 e. The monoisotopic (exact) mass is 396 g/mol. The van der Waals surface area contributed by atoms with Gasteiger partial charge < -0.3 is 24.1 Å². The topological polar surface area (TPSA) is 74.2 Å². The second kappa shape index (κ2) is 8.49. The molecule has 1 aromatic rings. The van der Waals surface area contributed by atoms with Crippen LogP contribution >= 0.6 is 11.8 Å². The Balaban J connectivity index is 1.77. The molecule has 27 heavy (non-hydrogen) atoms. The maximum Gasteiger partial charge on any atom is 0.311 e. The predicted octanol–water partition coefficient (Wildman–Crippen LogP) is 2.90. The van der Waals surface area contributed by atoms with E-state index in [4.69, 9.17) is 18.9 Å². The fraction of sp³-hybridized carbons (Fsp3) is 0.650. The molecule has 7 heteroatoms. The number of benzene rings is 1. The molecule has 2 fully saturated rings. The van der Waals surface area contributed by atoms with Crippen LogP contribution in [-0.2, 0) is 23.7 Å². The average Bonchev–Trinajstić information content (AvgIpc) is 2.64. The molecule has 6 nitrogen and oxygen atoms in total. The molecule has 0 spiro atoms. The first-order chi connectivity index (χ1) is 12.8. The van der Waals surface area contributed by atoms with E-state index in [0.29, 0.717) is 6.61 Å². The largest absolute Gasteiger partial charge is 0.455 e. The number of aliphatic hydroxyl groups is 1. The zero-order chi connectivity index (χ0) is 19.6. The van der Waals surface area contributed by atoms with Crippen molar-refractivity contribution in [1.29, 1.82) is 0 Å². The molecule has 1 N–H and O–H groups in total. The van der Waals surface area contributed by atoms with Gasteiger partial charge in [0.25, 0.3) is 0 Å². The van der Waals surface area contributed by atoms with Gasteiger partial charge in [-0.1, -0.05) is 37.3 Å². The Kier molecular flexibility index (Phi) is 6.48. The van der Waals surface area contributed by atoms with E-state index in [-0.39, 0.29) is 5.97 Å². The van der Waals surface area contributed by atoms with E-state index in [2.05, 4.69) is 0 Å². The van der Waals surface area contributed by atoms with E-state index in [1.807, 2.05) is 37.3 Å². The fourth-order valence-corrected chi connectivity index (χ4v) is 4.03. The van der Waals surface area contributed by atoms with Gasteiger partial charge in [-0.15, -0.1) is 11.8 Å². The summed E-state index contributed by atoms with van der Waals surface area (Å²) in [5, 5.41) is 11.0. The van der Waals surface area contributed by atoms with Crippen LogP contribution in [0, 0.1) is 5.41 Å². The molecule has 2 aliphatic rings. The summed E-state index contributed by atoms with van der Waals surface area (Å²) in [6, 6.07) is 9.55. The molecule has 2 saturated heterocycles. The molecule has 150 valence electrons. The van der Waals surface area contributed by atoms with E-state index in [0.717, 1.165) is 11.3 Å². The highest BCUT2D eigenvalue weighted by Gasteiger charge is 2.51. The quantitative estimate of drug-likeness (QED) is 0.785. The van der Waals surface area contributed by atoms with Crippen LogP contribution in [0.3, 0.4) is 0 Å². The minimum atomic E-state index is -0.991. The number of esters is 1. The third-order valence-electron chi connectivity index (χ3n) is 4.57. The highest BCUT2D eigenvalue weighted by molar-refractivity contribution is 7.99. The Morgan fingerprint density at radius 3 is 2.59 bits per heavy atom. The van der Waals surface area contributed by atoms with Crippen molar-refractivity contribution in [2.45, 2.75) is 63.8 Å². The molecule has 0 radical (unpaired) electrons. The number of hydrogen-bond donors (Lipinski definition) is 1. The molecule has 0 aliphatic carbocycles. The first kappa shape index (κ1) is 20.6. The summed E-state index contributed by atoms with van der Waals surface area (Å²) in [6.45, 7) is 7.65. The van der Waals surface area contributed by atoms with E-state index < -0.39 is 41.6 Å². The third kappa shape index (κ3) is 4.66. The molecule has 1 aromatic carbocycles. The number of hydrogen-bond acceptors (Lipinski definition) is 7. The predicted molar refractivity (Wildman–Crippen MR) is 102 cm³/mol. The molecular weight excluding hydrogens is 368 g/mol. The zero-order valence-corrected chi connectivity index (χ0v) is 17.0.